The van der Waals surface area contributed by atoms with Gasteiger partial charge in [-0.15, -0.1) is 0 Å². The Morgan fingerprint density at radius 3 is 2.03 bits per heavy atom. The molecule has 1 heterocycles. The second-order valence-electron chi connectivity index (χ2n) is 8.52. The van der Waals surface area contributed by atoms with E-state index in [0.29, 0.717) is 24.5 Å². The molecular weight excluding hydrogens is 487 g/mol. The summed E-state index contributed by atoms with van der Waals surface area (Å²) >= 11 is 0. The fraction of sp³-hybridized carbons (Fsp3) is 0.652. The first-order valence-corrected chi connectivity index (χ1v) is 13.0. The van der Waals surface area contributed by atoms with Crippen molar-refractivity contribution in [2.75, 3.05) is 39.3 Å². The van der Waals surface area contributed by atoms with E-state index in [1.807, 2.05) is 37.8 Å². The molecule has 0 unspecified atom stereocenters. The van der Waals surface area contributed by atoms with Crippen LogP contribution in [0.25, 0.3) is 0 Å². The smallest absolute Gasteiger partial charge is 0.475 e. The zero-order valence-electron chi connectivity index (χ0n) is 20.7. The third kappa shape index (κ3) is 9.77. The summed E-state index contributed by atoms with van der Waals surface area (Å²) in [5.41, 5.74) is 2.60. The van der Waals surface area contributed by atoms with E-state index in [4.69, 9.17) is 9.90 Å². The number of carbonyl (C=O) groups excluding carboxylic acids is 1. The largest absolute Gasteiger partial charge is 0.490 e. The highest BCUT2D eigenvalue weighted by molar-refractivity contribution is 7.89. The number of piperazine rings is 1. The maximum atomic E-state index is 13.5. The summed E-state index contributed by atoms with van der Waals surface area (Å²) in [4.78, 5) is 23.7. The third-order valence-electron chi connectivity index (χ3n) is 5.50. The molecule has 1 fully saturated rings. The van der Waals surface area contributed by atoms with Crippen LogP contribution in [0.1, 0.15) is 49.3 Å². The molecule has 1 amide bonds. The van der Waals surface area contributed by atoms with E-state index in [-0.39, 0.29) is 18.9 Å². The third-order valence-corrected chi connectivity index (χ3v) is 7.71. The molecule has 1 aromatic carbocycles. The molecule has 2 rings (SSSR count). The highest BCUT2D eigenvalue weighted by Gasteiger charge is 2.38. The van der Waals surface area contributed by atoms with Gasteiger partial charge in [0.25, 0.3) is 0 Å². The summed E-state index contributed by atoms with van der Waals surface area (Å²) < 4.78 is 60.2. The van der Waals surface area contributed by atoms with Crippen molar-refractivity contribution in [2.45, 2.75) is 64.5 Å². The van der Waals surface area contributed by atoms with Crippen molar-refractivity contribution < 1.29 is 36.3 Å². The van der Waals surface area contributed by atoms with Crippen molar-refractivity contribution in [3.63, 3.8) is 0 Å². The van der Waals surface area contributed by atoms with Crippen molar-refractivity contribution in [3.05, 3.63) is 28.8 Å². The minimum Gasteiger partial charge on any atom is -0.475 e. The molecule has 2 N–H and O–H groups in total. The Morgan fingerprint density at radius 2 is 1.57 bits per heavy atom. The lowest BCUT2D eigenvalue weighted by Crippen LogP contribution is -2.47. The van der Waals surface area contributed by atoms with Crippen molar-refractivity contribution >= 4 is 21.9 Å². The van der Waals surface area contributed by atoms with E-state index < -0.39 is 22.2 Å². The molecule has 0 atom stereocenters. The van der Waals surface area contributed by atoms with Gasteiger partial charge in [0.2, 0.25) is 15.9 Å². The number of alkyl halides is 3. The van der Waals surface area contributed by atoms with Crippen LogP contribution in [-0.4, -0.2) is 80.1 Å². The number of carbonyl (C=O) groups is 2. The molecule has 1 saturated heterocycles. The number of benzene rings is 1. The predicted octanol–water partition coefficient (Wildman–Crippen LogP) is 3.25. The van der Waals surface area contributed by atoms with Gasteiger partial charge < -0.3 is 15.3 Å². The maximum absolute atomic E-state index is 13.5. The Hall–Kier alpha value is -2.18. The Labute approximate surface area is 205 Å². The number of hydrogen-bond acceptors (Lipinski definition) is 5. The number of carboxylic acids is 1. The van der Waals surface area contributed by atoms with E-state index >= 15 is 0 Å². The van der Waals surface area contributed by atoms with Gasteiger partial charge in [-0.3, -0.25) is 4.79 Å². The summed E-state index contributed by atoms with van der Waals surface area (Å²) in [5.74, 6) is -2.72. The van der Waals surface area contributed by atoms with E-state index in [9.17, 15) is 26.4 Å². The number of rotatable bonds is 9. The molecule has 0 radical (unpaired) electrons. The van der Waals surface area contributed by atoms with Crippen molar-refractivity contribution in [2.24, 2.45) is 0 Å². The molecule has 1 aliphatic rings. The highest BCUT2D eigenvalue weighted by Crippen LogP contribution is 2.26. The number of nitrogens with one attached hydrogen (secondary N) is 1. The maximum Gasteiger partial charge on any atom is 0.490 e. The van der Waals surface area contributed by atoms with Gasteiger partial charge in [-0.25, -0.2) is 13.2 Å². The average Bonchev–Trinajstić information content (AvgIpc) is 2.75. The first kappa shape index (κ1) is 30.9. The molecule has 0 bridgehead atoms. The van der Waals surface area contributed by atoms with Gasteiger partial charge in [0.15, 0.2) is 0 Å². The van der Waals surface area contributed by atoms with Gasteiger partial charge in [-0.2, -0.15) is 17.5 Å². The molecule has 35 heavy (non-hydrogen) atoms. The van der Waals surface area contributed by atoms with Gasteiger partial charge in [-0.1, -0.05) is 37.5 Å². The van der Waals surface area contributed by atoms with E-state index in [1.54, 1.807) is 0 Å². The Bertz CT molecular complexity index is 939. The summed E-state index contributed by atoms with van der Waals surface area (Å²) in [7, 11) is -3.64. The topological polar surface area (TPSA) is 107 Å². The standard InChI is InChI=1S/C21H35N3O3S.C2HF3O2/c1-5-6-7-11-24(12-8-20(25)23-13-9-22-10-14-23)28(26,27)21-18(3)15-17(2)16-19(21)4;3-2(4,5)1(6)7/h15-16,22H,5-14H2,1-4H3;(H,6,7). The lowest BCUT2D eigenvalue weighted by Gasteiger charge is -2.29. The van der Waals surface area contributed by atoms with E-state index in [1.165, 1.54) is 4.31 Å². The quantitative estimate of drug-likeness (QED) is 0.482. The van der Waals surface area contributed by atoms with Crippen molar-refractivity contribution in [1.29, 1.82) is 0 Å². The molecule has 200 valence electrons. The van der Waals surface area contributed by atoms with E-state index in [0.717, 1.165) is 49.0 Å². The molecule has 8 nitrogen and oxygen atoms in total. The number of halogens is 3. The second kappa shape index (κ2) is 13.8. The van der Waals surface area contributed by atoms with Crippen LogP contribution < -0.4 is 5.32 Å². The lowest BCUT2D eigenvalue weighted by atomic mass is 10.1. The first-order chi connectivity index (χ1) is 16.2. The predicted molar refractivity (Wildman–Crippen MR) is 127 cm³/mol. The molecule has 1 aromatic rings. The van der Waals surface area contributed by atoms with Crippen LogP contribution >= 0.6 is 0 Å². The van der Waals surface area contributed by atoms with Gasteiger partial charge >= 0.3 is 12.1 Å². The van der Waals surface area contributed by atoms with Gasteiger partial charge in [0.05, 0.1) is 4.90 Å². The molecule has 1 aliphatic heterocycles. The number of carboxylic acid groups (broad SMARTS) is 1. The van der Waals surface area contributed by atoms with Crippen LogP contribution in [0, 0.1) is 20.8 Å². The molecule has 0 saturated carbocycles. The lowest BCUT2D eigenvalue weighted by molar-refractivity contribution is -0.192. The average molecular weight is 524 g/mol. The number of hydrogen-bond donors (Lipinski definition) is 2. The Balaban J connectivity index is 0.000000762. The zero-order valence-corrected chi connectivity index (χ0v) is 21.6. The SMILES string of the molecule is CCCCCN(CCC(=O)N1CCNCC1)S(=O)(=O)c1c(C)cc(C)cc1C.O=C(O)C(F)(F)F. The summed E-state index contributed by atoms with van der Waals surface area (Å²) in [6.45, 7) is 11.4. The number of unbranched alkanes of at least 4 members (excludes halogenated alkanes) is 2. The van der Waals surface area contributed by atoms with Crippen LogP contribution in [-0.2, 0) is 19.6 Å². The van der Waals surface area contributed by atoms with Gasteiger partial charge in [0, 0.05) is 45.7 Å². The normalized spacial score (nSPS) is 14.5. The van der Waals surface area contributed by atoms with Crippen molar-refractivity contribution in [3.8, 4) is 0 Å². The van der Waals surface area contributed by atoms with Gasteiger partial charge in [-0.05, 0) is 38.3 Å². The Morgan fingerprint density at radius 1 is 1.06 bits per heavy atom. The van der Waals surface area contributed by atoms with Crippen LogP contribution in [0.2, 0.25) is 0 Å². The number of nitrogens with zero attached hydrogens (tertiary/aromatic N) is 2. The number of sulfonamides is 1. The molecule has 12 heteroatoms. The number of aliphatic carboxylic acids is 1. The fourth-order valence-corrected chi connectivity index (χ4v) is 5.78. The fourth-order valence-electron chi connectivity index (χ4n) is 3.89. The zero-order chi connectivity index (χ0) is 26.8. The molecule has 0 spiro atoms. The highest BCUT2D eigenvalue weighted by atomic mass is 32.2. The molecule has 0 aromatic heterocycles. The Kier molecular flexibility index (Phi) is 12.2. The van der Waals surface area contributed by atoms with Crippen LogP contribution in [0.3, 0.4) is 0 Å². The minimum absolute atomic E-state index is 0.0366. The monoisotopic (exact) mass is 523 g/mol. The minimum atomic E-state index is -5.08. The first-order valence-electron chi connectivity index (χ1n) is 11.6. The number of aryl methyl sites for hydroxylation is 3. The van der Waals surface area contributed by atoms with E-state index in [2.05, 4.69) is 12.2 Å². The second-order valence-corrected chi connectivity index (χ2v) is 10.4. The molecule has 0 aliphatic carbocycles. The number of amides is 1. The summed E-state index contributed by atoms with van der Waals surface area (Å²) in [5, 5.41) is 10.4. The van der Waals surface area contributed by atoms with Crippen LogP contribution in [0.4, 0.5) is 13.2 Å². The summed E-state index contributed by atoms with van der Waals surface area (Å²) in [6, 6.07) is 3.83. The van der Waals surface area contributed by atoms with Crippen molar-refractivity contribution in [1.82, 2.24) is 14.5 Å². The van der Waals surface area contributed by atoms with Crippen LogP contribution in [0.5, 0.6) is 0 Å². The van der Waals surface area contributed by atoms with Gasteiger partial charge in [0.1, 0.15) is 0 Å². The van der Waals surface area contributed by atoms with Crippen LogP contribution in [0.15, 0.2) is 17.0 Å². The summed E-state index contributed by atoms with van der Waals surface area (Å²) in [6.07, 6.45) is -2.05. The molecular formula is C23H36F3N3O5S.